The van der Waals surface area contributed by atoms with Crippen LogP contribution in [0, 0.1) is 0 Å². The predicted octanol–water partition coefficient (Wildman–Crippen LogP) is 2.20. The van der Waals surface area contributed by atoms with E-state index in [0.29, 0.717) is 16.7 Å². The topological polar surface area (TPSA) is 47.9 Å². The van der Waals surface area contributed by atoms with E-state index in [1.807, 2.05) is 6.07 Å². The third-order valence-corrected chi connectivity index (χ3v) is 2.03. The van der Waals surface area contributed by atoms with Crippen molar-refractivity contribution in [3.05, 3.63) is 35.9 Å². The molecule has 0 aliphatic heterocycles. The van der Waals surface area contributed by atoms with Gasteiger partial charge in [-0.1, -0.05) is 11.6 Å². The number of pyridine rings is 1. The SMILES string of the molecule is COc1cc(-c2cncc(Cl)n2)ccn1. The van der Waals surface area contributed by atoms with Crippen LogP contribution in [0.5, 0.6) is 5.88 Å². The summed E-state index contributed by atoms with van der Waals surface area (Å²) in [5, 5.41) is 0.364. The van der Waals surface area contributed by atoms with Crippen molar-refractivity contribution < 1.29 is 4.74 Å². The number of methoxy groups -OCH3 is 1. The highest BCUT2D eigenvalue weighted by atomic mass is 35.5. The van der Waals surface area contributed by atoms with Crippen molar-refractivity contribution in [2.75, 3.05) is 7.11 Å². The first-order chi connectivity index (χ1) is 7.29. The molecule has 0 bridgehead atoms. The molecule has 2 aromatic heterocycles. The molecule has 76 valence electrons. The molecule has 0 spiro atoms. The van der Waals surface area contributed by atoms with Gasteiger partial charge in [-0.3, -0.25) is 4.98 Å². The molecule has 2 rings (SSSR count). The Morgan fingerprint density at radius 3 is 2.93 bits per heavy atom. The molecule has 0 atom stereocenters. The minimum absolute atomic E-state index is 0.364. The van der Waals surface area contributed by atoms with Crippen molar-refractivity contribution in [2.24, 2.45) is 0 Å². The van der Waals surface area contributed by atoms with Crippen LogP contribution in [0.25, 0.3) is 11.3 Å². The maximum Gasteiger partial charge on any atom is 0.213 e. The van der Waals surface area contributed by atoms with Crippen LogP contribution < -0.4 is 4.74 Å². The van der Waals surface area contributed by atoms with Crippen molar-refractivity contribution in [3.63, 3.8) is 0 Å². The lowest BCUT2D eigenvalue weighted by atomic mass is 10.2. The number of aromatic nitrogens is 3. The van der Waals surface area contributed by atoms with E-state index in [9.17, 15) is 0 Å². The van der Waals surface area contributed by atoms with Crippen molar-refractivity contribution in [3.8, 4) is 17.1 Å². The summed E-state index contributed by atoms with van der Waals surface area (Å²) >= 11 is 5.75. The Hall–Kier alpha value is -1.68. The average molecular weight is 222 g/mol. The van der Waals surface area contributed by atoms with Crippen LogP contribution in [-0.4, -0.2) is 22.1 Å². The largest absolute Gasteiger partial charge is 0.481 e. The fraction of sp³-hybridized carbons (Fsp3) is 0.100. The first-order valence-corrected chi connectivity index (χ1v) is 4.65. The van der Waals surface area contributed by atoms with E-state index in [4.69, 9.17) is 16.3 Å². The Morgan fingerprint density at radius 2 is 2.20 bits per heavy atom. The van der Waals surface area contributed by atoms with Gasteiger partial charge in [0.1, 0.15) is 5.15 Å². The molecule has 0 radical (unpaired) electrons. The number of halogens is 1. The quantitative estimate of drug-likeness (QED) is 0.780. The summed E-state index contributed by atoms with van der Waals surface area (Å²) in [6.45, 7) is 0. The molecule has 0 amide bonds. The smallest absolute Gasteiger partial charge is 0.213 e. The van der Waals surface area contributed by atoms with Crippen molar-refractivity contribution in [1.29, 1.82) is 0 Å². The highest BCUT2D eigenvalue weighted by molar-refractivity contribution is 6.29. The molecule has 15 heavy (non-hydrogen) atoms. The van der Waals surface area contributed by atoms with Gasteiger partial charge in [0.2, 0.25) is 5.88 Å². The van der Waals surface area contributed by atoms with Crippen LogP contribution in [-0.2, 0) is 0 Å². The van der Waals surface area contributed by atoms with Crippen molar-refractivity contribution in [2.45, 2.75) is 0 Å². The maximum absolute atomic E-state index is 5.75. The second kappa shape index (κ2) is 4.23. The zero-order chi connectivity index (χ0) is 10.7. The van der Waals surface area contributed by atoms with Crippen LogP contribution >= 0.6 is 11.6 Å². The van der Waals surface area contributed by atoms with Crippen molar-refractivity contribution in [1.82, 2.24) is 15.0 Å². The van der Waals surface area contributed by atoms with Crippen LogP contribution in [0.2, 0.25) is 5.15 Å². The summed E-state index contributed by atoms with van der Waals surface area (Å²) in [4.78, 5) is 12.1. The highest BCUT2D eigenvalue weighted by Crippen LogP contribution is 2.20. The summed E-state index contributed by atoms with van der Waals surface area (Å²) in [5.41, 5.74) is 1.57. The number of hydrogen-bond acceptors (Lipinski definition) is 4. The molecular weight excluding hydrogens is 214 g/mol. The van der Waals surface area contributed by atoms with Gasteiger partial charge in [0, 0.05) is 17.8 Å². The fourth-order valence-corrected chi connectivity index (χ4v) is 1.31. The summed E-state index contributed by atoms with van der Waals surface area (Å²) < 4.78 is 5.01. The van der Waals surface area contributed by atoms with Crippen LogP contribution in [0.15, 0.2) is 30.7 Å². The van der Waals surface area contributed by atoms with E-state index < -0.39 is 0 Å². The lowest BCUT2D eigenvalue weighted by molar-refractivity contribution is 0.398. The summed E-state index contributed by atoms with van der Waals surface area (Å²) in [5.74, 6) is 0.536. The summed E-state index contributed by atoms with van der Waals surface area (Å²) in [6, 6.07) is 3.60. The minimum Gasteiger partial charge on any atom is -0.481 e. The third-order valence-electron chi connectivity index (χ3n) is 1.84. The molecule has 0 aliphatic carbocycles. The van der Waals surface area contributed by atoms with Crippen LogP contribution in [0.3, 0.4) is 0 Å². The maximum atomic E-state index is 5.75. The van der Waals surface area contributed by atoms with Gasteiger partial charge in [-0.2, -0.15) is 0 Å². The van der Waals surface area contributed by atoms with Gasteiger partial charge in [0.25, 0.3) is 0 Å². The third kappa shape index (κ3) is 2.22. The zero-order valence-electron chi connectivity index (χ0n) is 8.01. The van der Waals surface area contributed by atoms with E-state index in [-0.39, 0.29) is 0 Å². The average Bonchev–Trinajstić information content (AvgIpc) is 2.29. The molecule has 2 aromatic rings. The molecule has 0 fully saturated rings. The van der Waals surface area contributed by atoms with E-state index in [2.05, 4.69) is 15.0 Å². The van der Waals surface area contributed by atoms with Gasteiger partial charge in [-0.25, -0.2) is 9.97 Å². The van der Waals surface area contributed by atoms with Gasteiger partial charge in [0.05, 0.1) is 25.2 Å². The molecule has 0 aliphatic rings. The number of hydrogen-bond donors (Lipinski definition) is 0. The number of ether oxygens (including phenoxy) is 1. The van der Waals surface area contributed by atoms with E-state index >= 15 is 0 Å². The Bertz CT molecular complexity index is 476. The first kappa shape index (κ1) is 9.86. The van der Waals surface area contributed by atoms with E-state index in [0.717, 1.165) is 5.56 Å². The Kier molecular flexibility index (Phi) is 2.78. The molecule has 0 N–H and O–H groups in total. The Labute approximate surface area is 91.9 Å². The van der Waals surface area contributed by atoms with Gasteiger partial charge in [-0.15, -0.1) is 0 Å². The molecule has 0 saturated carbocycles. The number of nitrogens with zero attached hydrogens (tertiary/aromatic N) is 3. The molecule has 2 heterocycles. The molecule has 0 unspecified atom stereocenters. The Morgan fingerprint density at radius 1 is 1.33 bits per heavy atom. The first-order valence-electron chi connectivity index (χ1n) is 4.27. The number of rotatable bonds is 2. The predicted molar refractivity (Wildman–Crippen MR) is 56.8 cm³/mol. The van der Waals surface area contributed by atoms with Gasteiger partial charge >= 0.3 is 0 Å². The normalized spacial score (nSPS) is 10.0. The lowest BCUT2D eigenvalue weighted by Gasteiger charge is -2.02. The summed E-state index contributed by atoms with van der Waals surface area (Å²) in [6.07, 6.45) is 4.78. The van der Waals surface area contributed by atoms with Crippen LogP contribution in [0.1, 0.15) is 0 Å². The highest BCUT2D eigenvalue weighted by Gasteiger charge is 2.02. The minimum atomic E-state index is 0.364. The molecule has 4 nitrogen and oxygen atoms in total. The lowest BCUT2D eigenvalue weighted by Crippen LogP contribution is -1.90. The van der Waals surface area contributed by atoms with Gasteiger partial charge in [0.15, 0.2) is 0 Å². The van der Waals surface area contributed by atoms with E-state index in [1.54, 1.807) is 25.6 Å². The fourth-order valence-electron chi connectivity index (χ4n) is 1.16. The van der Waals surface area contributed by atoms with Crippen LogP contribution in [0.4, 0.5) is 0 Å². The summed E-state index contributed by atoms with van der Waals surface area (Å²) in [7, 11) is 1.57. The van der Waals surface area contributed by atoms with Gasteiger partial charge in [-0.05, 0) is 6.07 Å². The zero-order valence-corrected chi connectivity index (χ0v) is 8.77. The standard InChI is InChI=1S/C10H8ClN3O/c1-15-10-4-7(2-3-13-10)8-5-12-6-9(11)14-8/h2-6H,1H3. The molecule has 0 aromatic carbocycles. The second-order valence-corrected chi connectivity index (χ2v) is 3.20. The second-order valence-electron chi connectivity index (χ2n) is 2.81. The van der Waals surface area contributed by atoms with E-state index in [1.165, 1.54) is 6.20 Å². The Balaban J connectivity index is 2.44. The molecule has 0 saturated heterocycles. The molecule has 5 heteroatoms. The van der Waals surface area contributed by atoms with Crippen molar-refractivity contribution >= 4 is 11.6 Å². The monoisotopic (exact) mass is 221 g/mol. The molecular formula is C10H8ClN3O. The van der Waals surface area contributed by atoms with Gasteiger partial charge < -0.3 is 4.74 Å².